The van der Waals surface area contributed by atoms with Crippen molar-refractivity contribution in [3.8, 4) is 0 Å². The number of carboxylic acids is 1. The number of rotatable bonds is 4. The minimum Gasteiger partial charge on any atom is -0.480 e. The first-order valence-corrected chi connectivity index (χ1v) is 7.43. The number of hydrogen-bond donors (Lipinski definition) is 2. The second-order valence-corrected chi connectivity index (χ2v) is 5.69. The molecule has 2 rings (SSSR count). The number of carbonyl (C=O) groups excluding carboxylic acids is 1. The van der Waals surface area contributed by atoms with E-state index in [2.05, 4.69) is 5.32 Å². The second-order valence-electron chi connectivity index (χ2n) is 5.69. The van der Waals surface area contributed by atoms with Crippen molar-refractivity contribution < 1.29 is 19.4 Å². The fourth-order valence-electron chi connectivity index (χ4n) is 2.63. The summed E-state index contributed by atoms with van der Waals surface area (Å²) in [5.74, 6) is -1.04. The van der Waals surface area contributed by atoms with E-state index in [1.165, 1.54) is 0 Å². The molecule has 2 amide bonds. The van der Waals surface area contributed by atoms with Crippen LogP contribution in [0.4, 0.5) is 4.79 Å². The van der Waals surface area contributed by atoms with E-state index in [-0.39, 0.29) is 24.7 Å². The van der Waals surface area contributed by atoms with E-state index in [9.17, 15) is 14.7 Å². The van der Waals surface area contributed by atoms with Crippen LogP contribution in [0.25, 0.3) is 0 Å². The van der Waals surface area contributed by atoms with Gasteiger partial charge in [0.25, 0.3) is 0 Å². The highest BCUT2D eigenvalue weighted by atomic mass is 16.5. The van der Waals surface area contributed by atoms with Crippen molar-refractivity contribution in [1.82, 2.24) is 10.2 Å². The summed E-state index contributed by atoms with van der Waals surface area (Å²) in [5, 5.41) is 11.9. The normalized spacial score (nSPS) is 22.9. The smallest absolute Gasteiger partial charge is 0.326 e. The summed E-state index contributed by atoms with van der Waals surface area (Å²) in [6.07, 6.45) is 0.163. The van der Waals surface area contributed by atoms with Crippen LogP contribution < -0.4 is 5.32 Å². The van der Waals surface area contributed by atoms with Gasteiger partial charge in [0, 0.05) is 19.5 Å². The third-order valence-corrected chi connectivity index (χ3v) is 3.59. The van der Waals surface area contributed by atoms with Crippen molar-refractivity contribution in [1.29, 1.82) is 0 Å². The highest BCUT2D eigenvalue weighted by Gasteiger charge is 2.29. The molecular weight excluding hydrogens is 284 g/mol. The van der Waals surface area contributed by atoms with E-state index in [0.29, 0.717) is 13.1 Å². The first-order chi connectivity index (χ1) is 10.5. The largest absolute Gasteiger partial charge is 0.480 e. The fourth-order valence-corrected chi connectivity index (χ4v) is 2.63. The number of ether oxygens (including phenoxy) is 1. The summed E-state index contributed by atoms with van der Waals surface area (Å²) in [5.41, 5.74) is 0.874. The molecule has 120 valence electrons. The average Bonchev–Trinajstić information content (AvgIpc) is 2.46. The molecule has 1 aliphatic rings. The molecule has 0 bridgehead atoms. The molecule has 0 saturated carbocycles. The van der Waals surface area contributed by atoms with Crippen LogP contribution in [0.1, 0.15) is 19.4 Å². The van der Waals surface area contributed by atoms with Crippen molar-refractivity contribution in [3.63, 3.8) is 0 Å². The quantitative estimate of drug-likeness (QED) is 0.883. The number of carbonyl (C=O) groups is 2. The van der Waals surface area contributed by atoms with Gasteiger partial charge in [-0.1, -0.05) is 30.3 Å². The van der Waals surface area contributed by atoms with Gasteiger partial charge >= 0.3 is 12.0 Å². The Hall–Kier alpha value is -2.08. The Kier molecular flexibility index (Phi) is 5.38. The molecule has 3 atom stereocenters. The third kappa shape index (κ3) is 4.46. The van der Waals surface area contributed by atoms with Gasteiger partial charge in [0.2, 0.25) is 0 Å². The van der Waals surface area contributed by atoms with Crippen LogP contribution in [-0.2, 0) is 16.0 Å². The number of urea groups is 1. The number of nitrogens with one attached hydrogen (secondary N) is 1. The lowest BCUT2D eigenvalue weighted by Crippen LogP contribution is -2.55. The lowest BCUT2D eigenvalue weighted by molar-refractivity contribution is -0.139. The summed E-state index contributed by atoms with van der Waals surface area (Å²) >= 11 is 0. The van der Waals surface area contributed by atoms with E-state index in [4.69, 9.17) is 4.74 Å². The van der Waals surface area contributed by atoms with Gasteiger partial charge in [0.15, 0.2) is 0 Å². The SMILES string of the molecule is C[C@@H]1CN(C(=O)N[C@H](Cc2ccccc2)C(=O)O)C[C@H](C)O1. The van der Waals surface area contributed by atoms with Crippen LogP contribution in [0, 0.1) is 0 Å². The molecule has 1 saturated heterocycles. The molecule has 2 N–H and O–H groups in total. The number of carboxylic acid groups (broad SMARTS) is 1. The third-order valence-electron chi connectivity index (χ3n) is 3.59. The number of nitrogens with zero attached hydrogens (tertiary/aromatic N) is 1. The van der Waals surface area contributed by atoms with Gasteiger partial charge in [-0.05, 0) is 19.4 Å². The minimum atomic E-state index is -1.04. The van der Waals surface area contributed by atoms with Gasteiger partial charge in [-0.25, -0.2) is 9.59 Å². The van der Waals surface area contributed by atoms with Gasteiger partial charge in [-0.2, -0.15) is 0 Å². The Bertz CT molecular complexity index is 510. The Labute approximate surface area is 130 Å². The van der Waals surface area contributed by atoms with Gasteiger partial charge in [-0.15, -0.1) is 0 Å². The van der Waals surface area contributed by atoms with E-state index >= 15 is 0 Å². The highest BCUT2D eigenvalue weighted by Crippen LogP contribution is 2.11. The molecule has 1 aliphatic heterocycles. The Morgan fingerprint density at radius 1 is 1.27 bits per heavy atom. The molecule has 6 heteroatoms. The molecule has 0 spiro atoms. The summed E-state index contributed by atoms with van der Waals surface area (Å²) < 4.78 is 5.58. The fraction of sp³-hybridized carbons (Fsp3) is 0.500. The van der Waals surface area contributed by atoms with Crippen LogP contribution in [0.15, 0.2) is 30.3 Å². The minimum absolute atomic E-state index is 0.0492. The predicted molar refractivity (Wildman–Crippen MR) is 81.7 cm³/mol. The lowest BCUT2D eigenvalue weighted by Gasteiger charge is -2.35. The summed E-state index contributed by atoms with van der Waals surface area (Å²) in [6.45, 7) is 4.73. The van der Waals surface area contributed by atoms with Crippen molar-refractivity contribution in [2.24, 2.45) is 0 Å². The second kappa shape index (κ2) is 7.26. The summed E-state index contributed by atoms with van der Waals surface area (Å²) in [6, 6.07) is 7.97. The summed E-state index contributed by atoms with van der Waals surface area (Å²) in [4.78, 5) is 25.3. The van der Waals surface area contributed by atoms with E-state index in [1.807, 2.05) is 44.2 Å². The first kappa shape index (κ1) is 16.3. The molecule has 1 aromatic carbocycles. The molecule has 0 aliphatic carbocycles. The summed E-state index contributed by atoms with van der Waals surface area (Å²) in [7, 11) is 0. The maximum Gasteiger partial charge on any atom is 0.326 e. The zero-order valence-electron chi connectivity index (χ0n) is 12.9. The molecule has 1 fully saturated rings. The Morgan fingerprint density at radius 3 is 2.41 bits per heavy atom. The highest BCUT2D eigenvalue weighted by molar-refractivity contribution is 5.82. The van der Waals surface area contributed by atoms with Crippen molar-refractivity contribution in [3.05, 3.63) is 35.9 Å². The van der Waals surface area contributed by atoms with E-state index in [1.54, 1.807) is 4.90 Å². The standard InChI is InChI=1S/C16H22N2O4/c1-11-9-18(10-12(2)22-11)16(21)17-14(15(19)20)8-13-6-4-3-5-7-13/h3-7,11-12,14H,8-10H2,1-2H3,(H,17,21)(H,19,20)/t11-,12+,14-/m1/s1. The van der Waals surface area contributed by atoms with E-state index in [0.717, 1.165) is 5.56 Å². The van der Waals surface area contributed by atoms with Gasteiger partial charge in [0.1, 0.15) is 6.04 Å². The number of morpholine rings is 1. The van der Waals surface area contributed by atoms with Gasteiger partial charge in [-0.3, -0.25) is 0 Å². The molecule has 0 radical (unpaired) electrons. The van der Waals surface area contributed by atoms with Gasteiger partial charge < -0.3 is 20.1 Å². The van der Waals surface area contributed by atoms with Crippen LogP contribution >= 0.6 is 0 Å². The van der Waals surface area contributed by atoms with Gasteiger partial charge in [0.05, 0.1) is 12.2 Å². The van der Waals surface area contributed by atoms with Crippen LogP contribution in [0.5, 0.6) is 0 Å². The number of benzene rings is 1. The first-order valence-electron chi connectivity index (χ1n) is 7.43. The zero-order valence-corrected chi connectivity index (χ0v) is 12.9. The molecule has 0 unspecified atom stereocenters. The van der Waals surface area contributed by atoms with Crippen LogP contribution in [0.2, 0.25) is 0 Å². The molecular formula is C16H22N2O4. The number of aliphatic carboxylic acids is 1. The maximum absolute atomic E-state index is 12.3. The topological polar surface area (TPSA) is 78.9 Å². The maximum atomic E-state index is 12.3. The molecule has 22 heavy (non-hydrogen) atoms. The van der Waals surface area contributed by atoms with Crippen molar-refractivity contribution in [2.45, 2.75) is 38.5 Å². The van der Waals surface area contributed by atoms with Crippen molar-refractivity contribution in [2.75, 3.05) is 13.1 Å². The molecule has 1 aromatic rings. The zero-order chi connectivity index (χ0) is 16.1. The Balaban J connectivity index is 1.98. The number of hydrogen-bond acceptors (Lipinski definition) is 3. The molecule has 1 heterocycles. The number of amides is 2. The van der Waals surface area contributed by atoms with Crippen LogP contribution in [-0.4, -0.2) is 53.3 Å². The van der Waals surface area contributed by atoms with Crippen molar-refractivity contribution >= 4 is 12.0 Å². The predicted octanol–water partition coefficient (Wildman–Crippen LogP) is 1.50. The average molecular weight is 306 g/mol. The lowest BCUT2D eigenvalue weighted by atomic mass is 10.1. The monoisotopic (exact) mass is 306 g/mol. The Morgan fingerprint density at radius 2 is 1.86 bits per heavy atom. The van der Waals surface area contributed by atoms with E-state index < -0.39 is 12.0 Å². The van der Waals surface area contributed by atoms with Crippen LogP contribution in [0.3, 0.4) is 0 Å². The molecule has 6 nitrogen and oxygen atoms in total. The molecule has 0 aromatic heterocycles.